The lowest BCUT2D eigenvalue weighted by Crippen LogP contribution is -2.28. The van der Waals surface area contributed by atoms with E-state index in [1.165, 1.54) is 6.07 Å². The second-order valence-corrected chi connectivity index (χ2v) is 3.08. The summed E-state index contributed by atoms with van der Waals surface area (Å²) >= 11 is 0. The lowest BCUT2D eigenvalue weighted by atomic mass is 9.99. The number of carbonyl (C=O) groups is 1. The van der Waals surface area contributed by atoms with Gasteiger partial charge in [0.25, 0.3) is 0 Å². The standard InChI is InChI=1S/C10H12O5/c11-5-6-3-1-2-4-7(6)8(12)9(13)10(14)15/h1-4,8-9,11-13H,5H2,(H,14,15). The molecule has 1 rings (SSSR count). The predicted molar refractivity (Wildman–Crippen MR) is 51.0 cm³/mol. The molecule has 0 aliphatic heterocycles. The highest BCUT2D eigenvalue weighted by atomic mass is 16.4. The van der Waals surface area contributed by atoms with E-state index in [1.807, 2.05) is 0 Å². The first-order valence-corrected chi connectivity index (χ1v) is 4.35. The van der Waals surface area contributed by atoms with Crippen LogP contribution in [0.4, 0.5) is 0 Å². The predicted octanol–water partition coefficient (Wildman–Crippen LogP) is -0.342. The van der Waals surface area contributed by atoms with Crippen LogP contribution in [0, 0.1) is 0 Å². The first-order valence-electron chi connectivity index (χ1n) is 4.35. The fourth-order valence-electron chi connectivity index (χ4n) is 1.27. The van der Waals surface area contributed by atoms with E-state index in [4.69, 9.17) is 15.3 Å². The zero-order valence-electron chi connectivity index (χ0n) is 7.87. The Hall–Kier alpha value is -1.43. The van der Waals surface area contributed by atoms with Crippen LogP contribution in [0.5, 0.6) is 0 Å². The van der Waals surface area contributed by atoms with E-state index in [2.05, 4.69) is 0 Å². The molecule has 0 fully saturated rings. The Morgan fingerprint density at radius 1 is 1.27 bits per heavy atom. The SMILES string of the molecule is O=C(O)C(O)C(O)c1ccccc1CO. The van der Waals surface area contributed by atoms with Crippen molar-refractivity contribution in [2.75, 3.05) is 0 Å². The number of carboxylic acid groups (broad SMARTS) is 1. The van der Waals surface area contributed by atoms with Crippen LogP contribution in [0.25, 0.3) is 0 Å². The summed E-state index contributed by atoms with van der Waals surface area (Å²) in [6, 6.07) is 6.25. The van der Waals surface area contributed by atoms with Gasteiger partial charge in [-0.1, -0.05) is 24.3 Å². The maximum absolute atomic E-state index is 10.4. The summed E-state index contributed by atoms with van der Waals surface area (Å²) in [5, 5.41) is 36.1. The summed E-state index contributed by atoms with van der Waals surface area (Å²) in [5.74, 6) is -1.50. The highest BCUT2D eigenvalue weighted by molar-refractivity contribution is 5.73. The van der Waals surface area contributed by atoms with Crippen molar-refractivity contribution in [1.82, 2.24) is 0 Å². The van der Waals surface area contributed by atoms with Gasteiger partial charge >= 0.3 is 5.97 Å². The largest absolute Gasteiger partial charge is 0.479 e. The Morgan fingerprint density at radius 2 is 1.87 bits per heavy atom. The maximum atomic E-state index is 10.4. The summed E-state index contributed by atoms with van der Waals surface area (Å²) in [6.45, 7) is -0.320. The van der Waals surface area contributed by atoms with Crippen molar-refractivity contribution in [3.63, 3.8) is 0 Å². The summed E-state index contributed by atoms with van der Waals surface area (Å²) in [7, 11) is 0. The quantitative estimate of drug-likeness (QED) is 0.547. The van der Waals surface area contributed by atoms with Crippen LogP contribution in [0.2, 0.25) is 0 Å². The molecule has 1 aromatic carbocycles. The van der Waals surface area contributed by atoms with Crippen LogP contribution in [0.1, 0.15) is 17.2 Å². The van der Waals surface area contributed by atoms with Crippen molar-refractivity contribution in [1.29, 1.82) is 0 Å². The maximum Gasteiger partial charge on any atom is 0.335 e. The van der Waals surface area contributed by atoms with Crippen LogP contribution < -0.4 is 0 Å². The molecule has 0 bridgehead atoms. The third kappa shape index (κ3) is 2.53. The van der Waals surface area contributed by atoms with Gasteiger partial charge in [-0.15, -0.1) is 0 Å². The Kier molecular flexibility index (Phi) is 3.79. The molecule has 0 aromatic heterocycles. The molecule has 0 aliphatic carbocycles. The van der Waals surface area contributed by atoms with Crippen LogP contribution in [0.3, 0.4) is 0 Å². The van der Waals surface area contributed by atoms with Gasteiger partial charge in [-0.3, -0.25) is 0 Å². The number of hydrogen-bond donors (Lipinski definition) is 4. The first kappa shape index (κ1) is 11.6. The molecule has 1 aromatic rings. The Morgan fingerprint density at radius 3 is 2.40 bits per heavy atom. The van der Waals surface area contributed by atoms with Gasteiger partial charge in [0.1, 0.15) is 6.10 Å². The van der Waals surface area contributed by atoms with E-state index in [9.17, 15) is 9.90 Å². The number of rotatable bonds is 4. The van der Waals surface area contributed by atoms with E-state index < -0.39 is 18.2 Å². The number of benzene rings is 1. The smallest absolute Gasteiger partial charge is 0.335 e. The molecule has 0 amide bonds. The summed E-state index contributed by atoms with van der Waals surface area (Å²) < 4.78 is 0. The molecule has 5 heteroatoms. The fourth-order valence-corrected chi connectivity index (χ4v) is 1.27. The number of carboxylic acids is 1. The minimum Gasteiger partial charge on any atom is -0.479 e. The van der Waals surface area contributed by atoms with Gasteiger partial charge in [0.05, 0.1) is 6.61 Å². The molecular weight excluding hydrogens is 200 g/mol. The first-order chi connectivity index (χ1) is 7.07. The van der Waals surface area contributed by atoms with E-state index >= 15 is 0 Å². The summed E-state index contributed by atoms with van der Waals surface area (Å²) in [6.07, 6.45) is -3.43. The molecule has 0 heterocycles. The van der Waals surface area contributed by atoms with Crippen LogP contribution in [-0.2, 0) is 11.4 Å². The van der Waals surface area contributed by atoms with E-state index in [0.29, 0.717) is 5.56 Å². The molecule has 0 spiro atoms. The van der Waals surface area contributed by atoms with Crippen molar-refractivity contribution in [3.05, 3.63) is 35.4 Å². The summed E-state index contributed by atoms with van der Waals surface area (Å²) in [4.78, 5) is 10.4. The third-order valence-electron chi connectivity index (χ3n) is 2.10. The topological polar surface area (TPSA) is 98.0 Å². The molecule has 2 unspecified atom stereocenters. The molecule has 0 radical (unpaired) electrons. The monoisotopic (exact) mass is 212 g/mol. The number of aliphatic hydroxyl groups is 3. The van der Waals surface area contributed by atoms with Crippen LogP contribution >= 0.6 is 0 Å². The lowest BCUT2D eigenvalue weighted by molar-refractivity contribution is -0.153. The zero-order valence-corrected chi connectivity index (χ0v) is 7.87. The Bertz CT molecular complexity index is 349. The molecule has 5 nitrogen and oxygen atoms in total. The van der Waals surface area contributed by atoms with Gasteiger partial charge in [-0.05, 0) is 11.1 Å². The normalized spacial score (nSPS) is 14.6. The van der Waals surface area contributed by atoms with Gasteiger partial charge < -0.3 is 20.4 Å². The molecular formula is C10H12O5. The summed E-state index contributed by atoms with van der Waals surface area (Å²) in [5.41, 5.74) is 0.611. The highest BCUT2D eigenvalue weighted by Crippen LogP contribution is 2.21. The van der Waals surface area contributed by atoms with Crippen molar-refractivity contribution >= 4 is 5.97 Å². The molecule has 82 valence electrons. The third-order valence-corrected chi connectivity index (χ3v) is 2.10. The number of aliphatic hydroxyl groups excluding tert-OH is 3. The average molecular weight is 212 g/mol. The van der Waals surface area contributed by atoms with Crippen LogP contribution in [0.15, 0.2) is 24.3 Å². The van der Waals surface area contributed by atoms with Crippen molar-refractivity contribution < 1.29 is 25.2 Å². The minimum atomic E-state index is -1.89. The molecule has 0 aliphatic rings. The fraction of sp³-hybridized carbons (Fsp3) is 0.300. The Balaban J connectivity index is 2.99. The van der Waals surface area contributed by atoms with E-state index in [0.717, 1.165) is 0 Å². The lowest BCUT2D eigenvalue weighted by Gasteiger charge is -2.16. The minimum absolute atomic E-state index is 0.218. The van der Waals surface area contributed by atoms with Crippen molar-refractivity contribution in [3.8, 4) is 0 Å². The van der Waals surface area contributed by atoms with Crippen molar-refractivity contribution in [2.24, 2.45) is 0 Å². The van der Waals surface area contributed by atoms with Crippen molar-refractivity contribution in [2.45, 2.75) is 18.8 Å². The van der Waals surface area contributed by atoms with Gasteiger partial charge in [-0.2, -0.15) is 0 Å². The number of hydrogen-bond acceptors (Lipinski definition) is 4. The van der Waals surface area contributed by atoms with Gasteiger partial charge in [0.2, 0.25) is 0 Å². The zero-order chi connectivity index (χ0) is 11.4. The van der Waals surface area contributed by atoms with E-state index in [1.54, 1.807) is 18.2 Å². The van der Waals surface area contributed by atoms with Gasteiger partial charge in [0, 0.05) is 0 Å². The molecule has 2 atom stereocenters. The van der Waals surface area contributed by atoms with Crippen LogP contribution in [-0.4, -0.2) is 32.5 Å². The molecule has 15 heavy (non-hydrogen) atoms. The second-order valence-electron chi connectivity index (χ2n) is 3.08. The van der Waals surface area contributed by atoms with Gasteiger partial charge in [-0.25, -0.2) is 4.79 Å². The molecule has 0 saturated heterocycles. The molecule has 4 N–H and O–H groups in total. The second kappa shape index (κ2) is 4.88. The molecule has 0 saturated carbocycles. The highest BCUT2D eigenvalue weighted by Gasteiger charge is 2.26. The average Bonchev–Trinajstić information content (AvgIpc) is 2.26. The Labute approximate surface area is 86.2 Å². The van der Waals surface area contributed by atoms with Gasteiger partial charge in [0.15, 0.2) is 6.10 Å². The van der Waals surface area contributed by atoms with E-state index in [-0.39, 0.29) is 12.2 Å². The number of aliphatic carboxylic acids is 1.